The van der Waals surface area contributed by atoms with E-state index in [1.54, 1.807) is 42.5 Å². The zero-order chi connectivity index (χ0) is 23.2. The van der Waals surface area contributed by atoms with Crippen LogP contribution in [0.3, 0.4) is 0 Å². The number of carbonyl (C=O) groups excluding carboxylic acids is 1. The molecule has 0 saturated carbocycles. The number of benzene rings is 2. The minimum atomic E-state index is -4.25. The van der Waals surface area contributed by atoms with Crippen molar-refractivity contribution in [3.63, 3.8) is 0 Å². The first-order chi connectivity index (χ1) is 15.3. The van der Waals surface area contributed by atoms with Crippen molar-refractivity contribution in [1.29, 1.82) is 0 Å². The second kappa shape index (κ2) is 9.75. The molecule has 0 N–H and O–H groups in total. The Labute approximate surface area is 186 Å². The van der Waals surface area contributed by atoms with Gasteiger partial charge in [0.15, 0.2) is 14.9 Å². The molecule has 0 aliphatic carbocycles. The number of nitrogens with zero attached hydrogens (tertiary/aromatic N) is 2. The smallest absolute Gasteiger partial charge is 0.326 e. The number of sulfone groups is 1. The summed E-state index contributed by atoms with van der Waals surface area (Å²) in [6, 6.07) is 18.4. The summed E-state index contributed by atoms with van der Waals surface area (Å²) in [7, 11) is -6.87. The Morgan fingerprint density at radius 1 is 0.938 bits per heavy atom. The molecule has 32 heavy (non-hydrogen) atoms. The maximum absolute atomic E-state index is 13.3. The topological polar surface area (TPSA) is 111 Å². The van der Waals surface area contributed by atoms with E-state index in [0.29, 0.717) is 0 Å². The van der Waals surface area contributed by atoms with Crippen LogP contribution in [0.1, 0.15) is 5.56 Å². The summed E-state index contributed by atoms with van der Waals surface area (Å²) in [5, 5.41) is 0.727. The minimum absolute atomic E-state index is 0.0984. The molecule has 0 amide bonds. The van der Waals surface area contributed by atoms with Gasteiger partial charge in [-0.1, -0.05) is 42.5 Å². The summed E-state index contributed by atoms with van der Waals surface area (Å²) in [5.41, 5.74) is 0.374. The number of rotatable bonds is 8. The molecule has 0 bridgehead atoms. The lowest BCUT2D eigenvalue weighted by Gasteiger charge is -2.24. The van der Waals surface area contributed by atoms with Crippen molar-refractivity contribution in [2.75, 3.05) is 18.0 Å². The molecule has 1 aromatic heterocycles. The Kier molecular flexibility index (Phi) is 7.06. The Hall–Kier alpha value is -3.50. The van der Waals surface area contributed by atoms with Gasteiger partial charge in [0, 0.05) is 11.6 Å². The predicted molar refractivity (Wildman–Crippen MR) is 120 cm³/mol. The van der Waals surface area contributed by atoms with Crippen molar-refractivity contribution >= 4 is 37.6 Å². The molecule has 8 nitrogen and oxygen atoms in total. The highest BCUT2D eigenvalue weighted by Crippen LogP contribution is 2.28. The summed E-state index contributed by atoms with van der Waals surface area (Å²) in [6.07, 6.45) is 2.61. The second-order valence-corrected chi connectivity index (χ2v) is 10.1. The fourth-order valence-electron chi connectivity index (χ4n) is 2.80. The van der Waals surface area contributed by atoms with Crippen LogP contribution >= 0.6 is 0 Å². The fourth-order valence-corrected chi connectivity index (χ4v) is 5.19. The molecule has 3 rings (SSSR count). The number of carbonyl (C=O) groups is 1. The largest absolute Gasteiger partial charge is 0.468 e. The van der Waals surface area contributed by atoms with E-state index >= 15 is 0 Å². The number of sulfonamides is 1. The van der Waals surface area contributed by atoms with Crippen molar-refractivity contribution in [2.24, 2.45) is 0 Å². The first-order valence-corrected chi connectivity index (χ1v) is 12.3. The van der Waals surface area contributed by atoms with Crippen molar-refractivity contribution in [3.05, 3.63) is 90.0 Å². The van der Waals surface area contributed by atoms with Crippen LogP contribution in [0.4, 0.5) is 5.69 Å². The molecule has 2 aromatic carbocycles. The molecular weight excluding hydrogens is 452 g/mol. The molecule has 0 saturated heterocycles. The number of pyridine rings is 1. The van der Waals surface area contributed by atoms with Gasteiger partial charge in [-0.15, -0.1) is 0 Å². The van der Waals surface area contributed by atoms with Gasteiger partial charge in [0.1, 0.15) is 6.54 Å². The highest BCUT2D eigenvalue weighted by Gasteiger charge is 2.29. The number of para-hydroxylation sites is 1. The van der Waals surface area contributed by atoms with Crippen LogP contribution in [0.2, 0.25) is 0 Å². The summed E-state index contributed by atoms with van der Waals surface area (Å²) in [6.45, 7) is -0.619. The van der Waals surface area contributed by atoms with E-state index in [-0.39, 0.29) is 21.2 Å². The van der Waals surface area contributed by atoms with Crippen molar-refractivity contribution in [1.82, 2.24) is 4.98 Å². The van der Waals surface area contributed by atoms with Gasteiger partial charge in [0.25, 0.3) is 10.0 Å². The molecule has 0 atom stereocenters. The third-order valence-electron chi connectivity index (χ3n) is 4.40. The lowest BCUT2D eigenvalue weighted by Crippen LogP contribution is -2.37. The van der Waals surface area contributed by atoms with Gasteiger partial charge in [-0.05, 0) is 42.0 Å². The Bertz CT molecular complexity index is 1320. The van der Waals surface area contributed by atoms with Crippen LogP contribution in [-0.4, -0.2) is 41.4 Å². The van der Waals surface area contributed by atoms with Gasteiger partial charge < -0.3 is 4.74 Å². The van der Waals surface area contributed by atoms with Crippen molar-refractivity contribution in [3.8, 4) is 0 Å². The molecule has 166 valence electrons. The van der Waals surface area contributed by atoms with Crippen LogP contribution in [0.15, 0.2) is 94.3 Å². The number of aromatic nitrogens is 1. The minimum Gasteiger partial charge on any atom is -0.468 e. The monoisotopic (exact) mass is 472 g/mol. The highest BCUT2D eigenvalue weighted by atomic mass is 32.2. The standard InChI is InChI=1S/C22H20N2O6S2/c1-30-22(25)17-24(32(28,29)21-13-7-8-15-23-21)20-12-6-5-9-18(20)14-16-31(26,27)19-10-3-2-4-11-19/h2-16H,17H2,1H3/b16-14+. The number of hydrogen-bond acceptors (Lipinski definition) is 7. The fraction of sp³-hybridized carbons (Fsp3) is 0.0909. The molecule has 3 aromatic rings. The van der Waals surface area contributed by atoms with E-state index in [9.17, 15) is 21.6 Å². The van der Waals surface area contributed by atoms with Crippen LogP contribution in [0.5, 0.6) is 0 Å². The summed E-state index contributed by atoms with van der Waals surface area (Å²) < 4.78 is 57.3. The Balaban J connectivity index is 2.09. The molecule has 0 aliphatic rings. The third-order valence-corrected chi connectivity index (χ3v) is 7.50. The molecular formula is C22H20N2O6S2. The average Bonchev–Trinajstić information content (AvgIpc) is 2.82. The summed E-state index contributed by atoms with van der Waals surface area (Å²) >= 11 is 0. The number of methoxy groups -OCH3 is 1. The van der Waals surface area contributed by atoms with Gasteiger partial charge in [-0.2, -0.15) is 8.42 Å². The van der Waals surface area contributed by atoms with E-state index < -0.39 is 32.4 Å². The molecule has 0 fully saturated rings. The van der Waals surface area contributed by atoms with Crippen LogP contribution in [0, 0.1) is 0 Å². The molecule has 0 radical (unpaired) electrons. The van der Waals surface area contributed by atoms with E-state index in [2.05, 4.69) is 9.72 Å². The van der Waals surface area contributed by atoms with Crippen LogP contribution in [-0.2, 0) is 29.4 Å². The molecule has 0 aliphatic heterocycles. The van der Waals surface area contributed by atoms with E-state index in [4.69, 9.17) is 0 Å². The van der Waals surface area contributed by atoms with Gasteiger partial charge >= 0.3 is 5.97 Å². The van der Waals surface area contributed by atoms with Crippen molar-refractivity contribution < 1.29 is 26.4 Å². The maximum atomic E-state index is 13.3. The van der Waals surface area contributed by atoms with E-state index in [1.807, 2.05) is 0 Å². The maximum Gasteiger partial charge on any atom is 0.326 e. The number of hydrogen-bond donors (Lipinski definition) is 0. The third kappa shape index (κ3) is 5.21. The highest BCUT2D eigenvalue weighted by molar-refractivity contribution is 7.94. The van der Waals surface area contributed by atoms with Gasteiger partial charge in [-0.25, -0.2) is 13.4 Å². The quantitative estimate of drug-likeness (QED) is 0.464. The van der Waals surface area contributed by atoms with Gasteiger partial charge in [0.05, 0.1) is 17.7 Å². The molecule has 0 spiro atoms. The zero-order valence-corrected chi connectivity index (χ0v) is 18.7. The normalized spacial score (nSPS) is 11.9. The second-order valence-electron chi connectivity index (χ2n) is 6.48. The zero-order valence-electron chi connectivity index (χ0n) is 17.0. The van der Waals surface area contributed by atoms with Gasteiger partial charge in [0.2, 0.25) is 0 Å². The number of ether oxygens (including phenoxy) is 1. The first-order valence-electron chi connectivity index (χ1n) is 9.33. The lowest BCUT2D eigenvalue weighted by molar-refractivity contribution is -0.138. The predicted octanol–water partition coefficient (Wildman–Crippen LogP) is 2.89. The van der Waals surface area contributed by atoms with E-state index in [1.165, 1.54) is 42.6 Å². The summed E-state index contributed by atoms with van der Waals surface area (Å²) in [4.78, 5) is 16.0. The van der Waals surface area contributed by atoms with E-state index in [0.717, 1.165) is 16.8 Å². The van der Waals surface area contributed by atoms with Crippen LogP contribution in [0.25, 0.3) is 6.08 Å². The average molecular weight is 473 g/mol. The first kappa shape index (κ1) is 23.2. The van der Waals surface area contributed by atoms with Crippen LogP contribution < -0.4 is 4.31 Å². The van der Waals surface area contributed by atoms with Crippen molar-refractivity contribution in [2.45, 2.75) is 9.92 Å². The number of anilines is 1. The Morgan fingerprint density at radius 3 is 2.25 bits per heavy atom. The molecule has 10 heteroatoms. The number of esters is 1. The Morgan fingerprint density at radius 2 is 1.59 bits per heavy atom. The lowest BCUT2D eigenvalue weighted by atomic mass is 10.2. The summed E-state index contributed by atoms with van der Waals surface area (Å²) in [5.74, 6) is -0.791. The van der Waals surface area contributed by atoms with Gasteiger partial charge in [-0.3, -0.25) is 9.10 Å². The SMILES string of the molecule is COC(=O)CN(c1ccccc1/C=C/S(=O)(=O)c1ccccc1)S(=O)(=O)c1ccccn1. The molecule has 0 unspecified atom stereocenters. The molecule has 1 heterocycles.